The maximum atomic E-state index is 4.12. The van der Waals surface area contributed by atoms with Crippen LogP contribution in [0.15, 0.2) is 29.4 Å². The highest BCUT2D eigenvalue weighted by Crippen LogP contribution is 2.03. The fraction of sp³-hybridized carbons (Fsp3) is 0.375. The number of allylic oxidation sites excluding steroid dienone is 3. The van der Waals surface area contributed by atoms with Crippen molar-refractivity contribution in [1.82, 2.24) is 0 Å². The van der Waals surface area contributed by atoms with E-state index in [1.165, 1.54) is 0 Å². The van der Waals surface area contributed by atoms with E-state index in [9.17, 15) is 0 Å². The number of hydrogen-bond donors (Lipinski definition) is 0. The summed E-state index contributed by atoms with van der Waals surface area (Å²) < 4.78 is 0. The molecule has 48 valence electrons. The summed E-state index contributed by atoms with van der Waals surface area (Å²) in [6.07, 6.45) is 8.12. The molecule has 1 aliphatic heterocycles. The summed E-state index contributed by atoms with van der Waals surface area (Å²) in [5.74, 6) is 0.534. The molecule has 1 heteroatoms. The highest BCUT2D eigenvalue weighted by atomic mass is 14.7. The lowest BCUT2D eigenvalue weighted by Gasteiger charge is -1.90. The maximum Gasteiger partial charge on any atom is 0.0369 e. The van der Waals surface area contributed by atoms with Gasteiger partial charge in [-0.1, -0.05) is 19.1 Å². The number of nitrogens with zero attached hydrogens (tertiary/aromatic N) is 1. The van der Waals surface area contributed by atoms with Crippen LogP contribution in [0.4, 0.5) is 0 Å². The molecule has 0 radical (unpaired) electrons. The normalized spacial score (nSPS) is 25.6. The molecule has 9 heavy (non-hydrogen) atoms. The third-order valence-corrected chi connectivity index (χ3v) is 1.31. The molecule has 0 fully saturated rings. The third kappa shape index (κ3) is 1.84. The van der Waals surface area contributed by atoms with Crippen molar-refractivity contribution in [2.75, 3.05) is 0 Å². The van der Waals surface area contributed by atoms with Gasteiger partial charge in [-0.15, -0.1) is 0 Å². The largest absolute Gasteiger partial charge is 0.262 e. The third-order valence-electron chi connectivity index (χ3n) is 1.31. The summed E-state index contributed by atoms with van der Waals surface area (Å²) in [7, 11) is 0. The average Bonchev–Trinajstić information content (AvgIpc) is 1.97. The molecule has 1 unspecified atom stereocenters. The standard InChI is InChI=1S/C8H11N/c1-7-3-4-8(2)9-6-5-7/h3-7H,1-2H3. The molecule has 1 aliphatic rings. The molecular formula is C8H11N. The van der Waals surface area contributed by atoms with Gasteiger partial charge < -0.3 is 0 Å². The van der Waals surface area contributed by atoms with Crippen molar-refractivity contribution in [1.29, 1.82) is 0 Å². The van der Waals surface area contributed by atoms with Crippen molar-refractivity contribution in [2.45, 2.75) is 13.8 Å². The first-order valence-corrected chi connectivity index (χ1v) is 3.18. The Hall–Kier alpha value is -0.850. The topological polar surface area (TPSA) is 12.4 Å². The summed E-state index contributed by atoms with van der Waals surface area (Å²) in [6, 6.07) is 0. The molecule has 1 heterocycles. The maximum absolute atomic E-state index is 4.12. The Morgan fingerprint density at radius 2 is 2.22 bits per heavy atom. The number of hydrogen-bond acceptors (Lipinski definition) is 1. The van der Waals surface area contributed by atoms with Gasteiger partial charge in [0.2, 0.25) is 0 Å². The Morgan fingerprint density at radius 3 is 3.00 bits per heavy atom. The molecule has 1 nitrogen and oxygen atoms in total. The van der Waals surface area contributed by atoms with Crippen molar-refractivity contribution in [3.8, 4) is 0 Å². The second-order valence-electron chi connectivity index (χ2n) is 2.33. The van der Waals surface area contributed by atoms with Crippen LogP contribution >= 0.6 is 0 Å². The van der Waals surface area contributed by atoms with Gasteiger partial charge in [-0.2, -0.15) is 0 Å². The van der Waals surface area contributed by atoms with Gasteiger partial charge in [0.1, 0.15) is 0 Å². The molecule has 0 spiro atoms. The molecular weight excluding hydrogens is 110 g/mol. The molecule has 0 aliphatic carbocycles. The van der Waals surface area contributed by atoms with Crippen LogP contribution in [-0.4, -0.2) is 5.71 Å². The van der Waals surface area contributed by atoms with E-state index in [2.05, 4.69) is 24.1 Å². The first kappa shape index (κ1) is 6.27. The van der Waals surface area contributed by atoms with Crippen molar-refractivity contribution >= 4 is 5.71 Å². The zero-order valence-corrected chi connectivity index (χ0v) is 5.83. The first-order valence-electron chi connectivity index (χ1n) is 3.18. The Bertz CT molecular complexity index is 175. The van der Waals surface area contributed by atoms with E-state index in [1.54, 1.807) is 0 Å². The monoisotopic (exact) mass is 121 g/mol. The molecule has 0 N–H and O–H groups in total. The molecule has 0 saturated heterocycles. The van der Waals surface area contributed by atoms with Crippen LogP contribution < -0.4 is 0 Å². The van der Waals surface area contributed by atoms with Crippen LogP contribution in [0.5, 0.6) is 0 Å². The smallest absolute Gasteiger partial charge is 0.0369 e. The molecule has 0 aromatic rings. The summed E-state index contributed by atoms with van der Waals surface area (Å²) in [6.45, 7) is 4.14. The molecule has 0 amide bonds. The van der Waals surface area contributed by atoms with Crippen molar-refractivity contribution in [2.24, 2.45) is 10.9 Å². The van der Waals surface area contributed by atoms with Crippen LogP contribution in [0.3, 0.4) is 0 Å². The van der Waals surface area contributed by atoms with E-state index < -0.39 is 0 Å². The number of rotatable bonds is 0. The first-order chi connectivity index (χ1) is 4.29. The van der Waals surface area contributed by atoms with E-state index in [-0.39, 0.29) is 0 Å². The molecule has 0 aromatic carbocycles. The fourth-order valence-corrected chi connectivity index (χ4v) is 0.695. The second kappa shape index (κ2) is 2.62. The molecule has 1 atom stereocenters. The van der Waals surface area contributed by atoms with Gasteiger partial charge in [0.05, 0.1) is 0 Å². The minimum absolute atomic E-state index is 0.534. The van der Waals surface area contributed by atoms with Crippen molar-refractivity contribution < 1.29 is 0 Å². The van der Waals surface area contributed by atoms with Crippen LogP contribution in [0, 0.1) is 5.92 Å². The Morgan fingerprint density at radius 1 is 1.44 bits per heavy atom. The lowest BCUT2D eigenvalue weighted by Crippen LogP contribution is -1.82. The predicted octanol–water partition coefficient (Wildman–Crippen LogP) is 2.17. The molecule has 0 bridgehead atoms. The summed E-state index contributed by atoms with van der Waals surface area (Å²) in [4.78, 5) is 4.12. The zero-order chi connectivity index (χ0) is 6.69. The van der Waals surface area contributed by atoms with E-state index in [1.807, 2.05) is 19.2 Å². The minimum Gasteiger partial charge on any atom is -0.262 e. The van der Waals surface area contributed by atoms with Gasteiger partial charge in [0.15, 0.2) is 0 Å². The van der Waals surface area contributed by atoms with E-state index >= 15 is 0 Å². The van der Waals surface area contributed by atoms with Gasteiger partial charge in [0.25, 0.3) is 0 Å². The fourth-order valence-electron chi connectivity index (χ4n) is 0.695. The van der Waals surface area contributed by atoms with Crippen molar-refractivity contribution in [3.63, 3.8) is 0 Å². The summed E-state index contributed by atoms with van der Waals surface area (Å²) in [5.41, 5.74) is 1.08. The molecule has 0 saturated carbocycles. The SMILES string of the molecule is CC1=NC=CC(C)C=C1. The highest BCUT2D eigenvalue weighted by molar-refractivity contribution is 5.93. The zero-order valence-electron chi connectivity index (χ0n) is 5.83. The van der Waals surface area contributed by atoms with Crippen LogP contribution in [-0.2, 0) is 0 Å². The Labute approximate surface area is 55.8 Å². The predicted molar refractivity (Wildman–Crippen MR) is 40.6 cm³/mol. The Balaban J connectivity index is 2.75. The van der Waals surface area contributed by atoms with Crippen molar-refractivity contribution in [3.05, 3.63) is 24.4 Å². The van der Waals surface area contributed by atoms with E-state index in [0.717, 1.165) is 5.71 Å². The van der Waals surface area contributed by atoms with Crippen LogP contribution in [0.2, 0.25) is 0 Å². The van der Waals surface area contributed by atoms with E-state index in [0.29, 0.717) is 5.92 Å². The lowest BCUT2D eigenvalue weighted by molar-refractivity contribution is 0.940. The average molecular weight is 121 g/mol. The lowest BCUT2D eigenvalue weighted by atomic mass is 10.1. The van der Waals surface area contributed by atoms with Gasteiger partial charge in [0, 0.05) is 11.9 Å². The minimum atomic E-state index is 0.534. The van der Waals surface area contributed by atoms with E-state index in [4.69, 9.17) is 0 Å². The number of aliphatic imine (C=N–C) groups is 1. The Kier molecular flexibility index (Phi) is 1.83. The van der Waals surface area contributed by atoms with Crippen LogP contribution in [0.1, 0.15) is 13.8 Å². The van der Waals surface area contributed by atoms with Gasteiger partial charge in [-0.3, -0.25) is 4.99 Å². The second-order valence-corrected chi connectivity index (χ2v) is 2.33. The summed E-state index contributed by atoms with van der Waals surface area (Å²) in [5, 5.41) is 0. The van der Waals surface area contributed by atoms with Crippen LogP contribution in [0.25, 0.3) is 0 Å². The highest BCUT2D eigenvalue weighted by Gasteiger charge is 1.92. The molecule has 0 aromatic heterocycles. The van der Waals surface area contributed by atoms with Gasteiger partial charge >= 0.3 is 0 Å². The van der Waals surface area contributed by atoms with Gasteiger partial charge in [-0.05, 0) is 18.9 Å². The van der Waals surface area contributed by atoms with Gasteiger partial charge in [-0.25, -0.2) is 0 Å². The molecule has 1 rings (SSSR count). The summed E-state index contributed by atoms with van der Waals surface area (Å²) >= 11 is 0. The quantitative estimate of drug-likeness (QED) is 0.465.